The van der Waals surface area contributed by atoms with Crippen molar-refractivity contribution in [1.82, 2.24) is 0 Å². The number of hydrogen-bond acceptors (Lipinski definition) is 8. The number of carbonyl (C=O) groups is 3. The Labute approximate surface area is 188 Å². The van der Waals surface area contributed by atoms with E-state index in [1.54, 1.807) is 24.3 Å². The van der Waals surface area contributed by atoms with Crippen molar-refractivity contribution in [3.8, 4) is 28.6 Å². The first kappa shape index (κ1) is 23.5. The SMILES string of the molecule is COc1cc(-c2oc3ccccc3c(=O)c2OC(=O)CCCCC(=O)O)ccc1OC(C)=O. The summed E-state index contributed by atoms with van der Waals surface area (Å²) in [7, 11) is 1.39. The quantitative estimate of drug-likeness (QED) is 0.290. The average Bonchev–Trinajstić information content (AvgIpc) is 2.78. The highest BCUT2D eigenvalue weighted by Crippen LogP contribution is 2.37. The number of methoxy groups -OCH3 is 1. The first-order valence-corrected chi connectivity index (χ1v) is 10.1. The Morgan fingerprint density at radius 1 is 0.970 bits per heavy atom. The van der Waals surface area contributed by atoms with Crippen molar-refractivity contribution in [1.29, 1.82) is 0 Å². The van der Waals surface area contributed by atoms with Gasteiger partial charge in [0, 0.05) is 25.3 Å². The molecule has 1 heterocycles. The summed E-state index contributed by atoms with van der Waals surface area (Å²) < 4.78 is 21.7. The van der Waals surface area contributed by atoms with Crippen molar-refractivity contribution in [2.75, 3.05) is 7.11 Å². The van der Waals surface area contributed by atoms with Crippen molar-refractivity contribution in [3.05, 3.63) is 52.7 Å². The van der Waals surface area contributed by atoms with Crippen molar-refractivity contribution in [2.24, 2.45) is 0 Å². The molecule has 172 valence electrons. The van der Waals surface area contributed by atoms with Crippen LogP contribution in [0.2, 0.25) is 0 Å². The molecule has 0 radical (unpaired) electrons. The van der Waals surface area contributed by atoms with E-state index in [0.717, 1.165) is 0 Å². The molecule has 2 aromatic carbocycles. The lowest BCUT2D eigenvalue weighted by Crippen LogP contribution is -2.16. The molecular weight excluding hydrogens is 432 g/mol. The molecule has 0 unspecified atom stereocenters. The fourth-order valence-corrected chi connectivity index (χ4v) is 3.17. The predicted octanol–water partition coefficient (Wildman–Crippen LogP) is 3.94. The van der Waals surface area contributed by atoms with Crippen LogP contribution in [0.4, 0.5) is 0 Å². The fraction of sp³-hybridized carbons (Fsp3) is 0.250. The van der Waals surface area contributed by atoms with E-state index in [4.69, 9.17) is 23.7 Å². The van der Waals surface area contributed by atoms with Crippen LogP contribution >= 0.6 is 0 Å². The smallest absolute Gasteiger partial charge is 0.311 e. The molecule has 0 spiro atoms. The van der Waals surface area contributed by atoms with Crippen molar-refractivity contribution >= 4 is 28.9 Å². The molecule has 0 aliphatic rings. The molecule has 33 heavy (non-hydrogen) atoms. The van der Waals surface area contributed by atoms with Crippen molar-refractivity contribution < 1.29 is 38.1 Å². The van der Waals surface area contributed by atoms with Gasteiger partial charge in [0.15, 0.2) is 17.3 Å². The zero-order valence-corrected chi connectivity index (χ0v) is 18.1. The van der Waals surface area contributed by atoms with E-state index in [1.807, 2.05) is 0 Å². The van der Waals surface area contributed by atoms with Gasteiger partial charge in [0.2, 0.25) is 11.2 Å². The number of ether oxygens (including phenoxy) is 3. The molecule has 0 saturated heterocycles. The zero-order chi connectivity index (χ0) is 24.0. The number of hydrogen-bond donors (Lipinski definition) is 1. The maximum Gasteiger partial charge on any atom is 0.311 e. The van der Waals surface area contributed by atoms with E-state index >= 15 is 0 Å². The maximum atomic E-state index is 13.1. The highest BCUT2D eigenvalue weighted by Gasteiger charge is 2.22. The van der Waals surface area contributed by atoms with Gasteiger partial charge in [-0.25, -0.2) is 0 Å². The summed E-state index contributed by atoms with van der Waals surface area (Å²) in [6, 6.07) is 11.0. The molecule has 9 nitrogen and oxygen atoms in total. The molecule has 0 aliphatic carbocycles. The molecule has 0 saturated carbocycles. The Morgan fingerprint density at radius 3 is 2.39 bits per heavy atom. The Balaban J connectivity index is 2.02. The van der Waals surface area contributed by atoms with E-state index in [1.165, 1.54) is 32.2 Å². The lowest BCUT2D eigenvalue weighted by Gasteiger charge is -2.13. The summed E-state index contributed by atoms with van der Waals surface area (Å²) in [4.78, 5) is 47.5. The number of carbonyl (C=O) groups excluding carboxylic acids is 2. The van der Waals surface area contributed by atoms with Gasteiger partial charge in [-0.2, -0.15) is 0 Å². The van der Waals surface area contributed by atoms with Gasteiger partial charge in [-0.3, -0.25) is 19.2 Å². The van der Waals surface area contributed by atoms with Gasteiger partial charge in [0.05, 0.1) is 12.5 Å². The Hall–Kier alpha value is -4.14. The third-order valence-corrected chi connectivity index (χ3v) is 4.67. The second kappa shape index (κ2) is 10.4. The average molecular weight is 454 g/mol. The highest BCUT2D eigenvalue weighted by molar-refractivity contribution is 5.84. The lowest BCUT2D eigenvalue weighted by atomic mass is 10.1. The number of para-hydroxylation sites is 1. The topological polar surface area (TPSA) is 129 Å². The largest absolute Gasteiger partial charge is 0.493 e. The van der Waals surface area contributed by atoms with E-state index in [9.17, 15) is 19.2 Å². The van der Waals surface area contributed by atoms with Gasteiger partial charge >= 0.3 is 17.9 Å². The summed E-state index contributed by atoms with van der Waals surface area (Å²) in [6.07, 6.45) is 0.474. The molecule has 0 atom stereocenters. The number of benzene rings is 2. The molecule has 1 aromatic heterocycles. The molecule has 3 rings (SSSR count). The third kappa shape index (κ3) is 5.76. The lowest BCUT2D eigenvalue weighted by molar-refractivity contribution is -0.138. The molecule has 0 aliphatic heterocycles. The number of esters is 2. The maximum absolute atomic E-state index is 13.1. The van der Waals surface area contributed by atoms with Crippen LogP contribution in [0.15, 0.2) is 51.7 Å². The molecule has 3 aromatic rings. The molecule has 9 heteroatoms. The Bertz CT molecular complexity index is 1260. The molecule has 0 amide bonds. The minimum atomic E-state index is -0.952. The minimum Gasteiger partial charge on any atom is -0.493 e. The summed E-state index contributed by atoms with van der Waals surface area (Å²) in [5, 5.41) is 8.95. The van der Waals surface area contributed by atoms with Gasteiger partial charge in [-0.05, 0) is 43.2 Å². The second-order valence-electron chi connectivity index (χ2n) is 7.12. The van der Waals surface area contributed by atoms with Crippen LogP contribution in [0.25, 0.3) is 22.3 Å². The van der Waals surface area contributed by atoms with Crippen molar-refractivity contribution in [2.45, 2.75) is 32.6 Å². The number of rotatable bonds is 9. The third-order valence-electron chi connectivity index (χ3n) is 4.67. The monoisotopic (exact) mass is 454 g/mol. The highest BCUT2D eigenvalue weighted by atomic mass is 16.6. The summed E-state index contributed by atoms with van der Waals surface area (Å²) in [6.45, 7) is 1.25. The standard InChI is InChI=1S/C24H22O9/c1-14(25)31-18-12-11-15(13-19(18)30-2)23-24(33-21(28)10-6-5-9-20(26)27)22(29)16-7-3-4-8-17(16)32-23/h3-4,7-8,11-13H,5-6,9-10H2,1-2H3,(H,26,27). The fourth-order valence-electron chi connectivity index (χ4n) is 3.17. The summed E-state index contributed by atoms with van der Waals surface area (Å²) in [5.74, 6) is -2.07. The first-order valence-electron chi connectivity index (χ1n) is 10.1. The number of carboxylic acid groups (broad SMARTS) is 1. The first-order chi connectivity index (χ1) is 15.8. The normalized spacial score (nSPS) is 10.6. The molecular formula is C24H22O9. The summed E-state index contributed by atoms with van der Waals surface area (Å²) >= 11 is 0. The number of carboxylic acids is 1. The number of unbranched alkanes of at least 4 members (excludes halogenated alkanes) is 1. The van der Waals surface area contributed by atoms with Crippen LogP contribution in [0.5, 0.6) is 17.2 Å². The Kier molecular flexibility index (Phi) is 7.45. The van der Waals surface area contributed by atoms with Crippen LogP contribution in [0, 0.1) is 0 Å². The van der Waals surface area contributed by atoms with Gasteiger partial charge < -0.3 is 23.7 Å². The van der Waals surface area contributed by atoms with E-state index in [0.29, 0.717) is 24.0 Å². The molecule has 1 N–H and O–H groups in total. The summed E-state index contributed by atoms with van der Waals surface area (Å²) in [5.41, 5.74) is 0.120. The Morgan fingerprint density at radius 2 is 1.70 bits per heavy atom. The van der Waals surface area contributed by atoms with Crippen molar-refractivity contribution in [3.63, 3.8) is 0 Å². The van der Waals surface area contributed by atoms with Gasteiger partial charge in [0.1, 0.15) is 5.58 Å². The zero-order valence-electron chi connectivity index (χ0n) is 18.1. The van der Waals surface area contributed by atoms with E-state index in [-0.39, 0.29) is 41.2 Å². The van der Waals surface area contributed by atoms with E-state index < -0.39 is 23.3 Å². The number of aliphatic carboxylic acids is 1. The van der Waals surface area contributed by atoms with Gasteiger partial charge in [-0.1, -0.05) is 12.1 Å². The van der Waals surface area contributed by atoms with Crippen LogP contribution in [-0.2, 0) is 14.4 Å². The van der Waals surface area contributed by atoms with E-state index in [2.05, 4.69) is 0 Å². The van der Waals surface area contributed by atoms with Crippen LogP contribution < -0.4 is 19.6 Å². The van der Waals surface area contributed by atoms with Gasteiger partial charge in [0.25, 0.3) is 0 Å². The van der Waals surface area contributed by atoms with Gasteiger partial charge in [-0.15, -0.1) is 0 Å². The number of fused-ring (bicyclic) bond motifs is 1. The molecule has 0 fully saturated rings. The predicted molar refractivity (Wildman–Crippen MR) is 118 cm³/mol. The van der Waals surface area contributed by atoms with Crippen LogP contribution in [0.3, 0.4) is 0 Å². The molecule has 0 bridgehead atoms. The second-order valence-corrected chi connectivity index (χ2v) is 7.12. The van der Waals surface area contributed by atoms with Crippen LogP contribution in [0.1, 0.15) is 32.6 Å². The minimum absolute atomic E-state index is 0.00487. The van der Waals surface area contributed by atoms with Crippen LogP contribution in [-0.4, -0.2) is 30.1 Å².